The van der Waals surface area contributed by atoms with Crippen molar-refractivity contribution in [3.05, 3.63) is 67.7 Å². The number of rotatable bonds is 4. The Morgan fingerprint density at radius 2 is 2.05 bits per heavy atom. The van der Waals surface area contributed by atoms with Crippen LogP contribution >= 0.6 is 34.2 Å². The Balaban J connectivity index is 1.90. The third-order valence-electron chi connectivity index (χ3n) is 2.96. The van der Waals surface area contributed by atoms with Gasteiger partial charge in [-0.15, -0.1) is 0 Å². The highest BCUT2D eigenvalue weighted by Gasteiger charge is 2.07. The quantitative estimate of drug-likeness (QED) is 0.766. The molecule has 0 bridgehead atoms. The average Bonchev–Trinajstić information content (AvgIpc) is 2.42. The topological polar surface area (TPSA) is 29.1 Å². The molecule has 0 heterocycles. The second kappa shape index (κ2) is 7.09. The smallest absolute Gasteiger partial charge is 0.251 e. The van der Waals surface area contributed by atoms with Crippen LogP contribution in [0.1, 0.15) is 21.5 Å². The molecule has 1 N–H and O–H groups in total. The van der Waals surface area contributed by atoms with Crippen LogP contribution in [-0.4, -0.2) is 12.5 Å². The highest BCUT2D eigenvalue weighted by Crippen LogP contribution is 2.19. The van der Waals surface area contributed by atoms with E-state index in [2.05, 4.69) is 53.0 Å². The lowest BCUT2D eigenvalue weighted by molar-refractivity contribution is 0.0954. The van der Waals surface area contributed by atoms with Crippen molar-refractivity contribution in [3.63, 3.8) is 0 Å². The highest BCUT2D eigenvalue weighted by molar-refractivity contribution is 14.1. The lowest BCUT2D eigenvalue weighted by Crippen LogP contribution is -2.25. The van der Waals surface area contributed by atoms with E-state index in [0.29, 0.717) is 17.1 Å². The molecule has 0 aliphatic heterocycles. The van der Waals surface area contributed by atoms with Crippen LogP contribution in [-0.2, 0) is 6.42 Å². The van der Waals surface area contributed by atoms with Crippen molar-refractivity contribution in [1.29, 1.82) is 0 Å². The number of halogens is 2. The van der Waals surface area contributed by atoms with E-state index in [1.54, 1.807) is 12.1 Å². The summed E-state index contributed by atoms with van der Waals surface area (Å²) in [6.07, 6.45) is 0.825. The number of hydrogen-bond donors (Lipinski definition) is 1. The van der Waals surface area contributed by atoms with E-state index in [-0.39, 0.29) is 5.91 Å². The van der Waals surface area contributed by atoms with Gasteiger partial charge >= 0.3 is 0 Å². The number of nitrogens with one attached hydrogen (secondary N) is 1. The summed E-state index contributed by atoms with van der Waals surface area (Å²) in [5, 5.41) is 3.52. The van der Waals surface area contributed by atoms with Crippen LogP contribution in [0.2, 0.25) is 5.02 Å². The maximum absolute atomic E-state index is 12.0. The van der Waals surface area contributed by atoms with Gasteiger partial charge in [-0.2, -0.15) is 0 Å². The molecule has 0 radical (unpaired) electrons. The van der Waals surface area contributed by atoms with Crippen LogP contribution in [0.4, 0.5) is 0 Å². The van der Waals surface area contributed by atoms with Gasteiger partial charge in [0.1, 0.15) is 0 Å². The average molecular weight is 400 g/mol. The van der Waals surface area contributed by atoms with Gasteiger partial charge in [-0.3, -0.25) is 4.79 Å². The third-order valence-corrected chi connectivity index (χ3v) is 4.54. The Labute approximate surface area is 137 Å². The largest absolute Gasteiger partial charge is 0.352 e. The number of benzene rings is 2. The predicted octanol–water partition coefficient (Wildman–Crippen LogP) is 4.23. The summed E-state index contributed by atoms with van der Waals surface area (Å²) < 4.78 is 0.945. The first-order valence-corrected chi connectivity index (χ1v) is 7.81. The van der Waals surface area contributed by atoms with E-state index in [1.165, 1.54) is 11.1 Å². The zero-order valence-electron chi connectivity index (χ0n) is 11.1. The molecule has 2 aromatic carbocycles. The van der Waals surface area contributed by atoms with Gasteiger partial charge in [0.05, 0.1) is 5.02 Å². The third kappa shape index (κ3) is 4.21. The zero-order chi connectivity index (χ0) is 14.5. The first kappa shape index (κ1) is 15.3. The van der Waals surface area contributed by atoms with Gasteiger partial charge in [0, 0.05) is 15.7 Å². The normalized spacial score (nSPS) is 10.3. The predicted molar refractivity (Wildman–Crippen MR) is 91.4 cm³/mol. The lowest BCUT2D eigenvalue weighted by Gasteiger charge is -2.07. The molecular formula is C16H15ClINO. The van der Waals surface area contributed by atoms with Crippen molar-refractivity contribution in [2.24, 2.45) is 0 Å². The van der Waals surface area contributed by atoms with E-state index >= 15 is 0 Å². The van der Waals surface area contributed by atoms with E-state index in [1.807, 2.05) is 12.1 Å². The fourth-order valence-electron chi connectivity index (χ4n) is 1.93. The minimum Gasteiger partial charge on any atom is -0.352 e. The summed E-state index contributed by atoms with van der Waals surface area (Å²) in [5.74, 6) is -0.0871. The van der Waals surface area contributed by atoms with Gasteiger partial charge < -0.3 is 5.32 Å². The van der Waals surface area contributed by atoms with Crippen LogP contribution in [0, 0.1) is 10.5 Å². The number of aryl methyl sites for hydroxylation is 1. The van der Waals surface area contributed by atoms with E-state index < -0.39 is 0 Å². The minimum atomic E-state index is -0.0871. The van der Waals surface area contributed by atoms with Crippen molar-refractivity contribution >= 4 is 40.1 Å². The molecule has 0 aliphatic rings. The van der Waals surface area contributed by atoms with Crippen LogP contribution in [0.3, 0.4) is 0 Å². The van der Waals surface area contributed by atoms with Gasteiger partial charge in [0.2, 0.25) is 0 Å². The Hall–Kier alpha value is -1.07. The van der Waals surface area contributed by atoms with Gasteiger partial charge in [0.25, 0.3) is 5.91 Å². The minimum absolute atomic E-state index is 0.0871. The number of hydrogen-bond acceptors (Lipinski definition) is 1. The van der Waals surface area contributed by atoms with Crippen molar-refractivity contribution < 1.29 is 4.79 Å². The Kier molecular flexibility index (Phi) is 5.43. The summed E-state index contributed by atoms with van der Waals surface area (Å²) >= 11 is 8.16. The maximum atomic E-state index is 12.0. The molecule has 0 atom stereocenters. The number of amides is 1. The van der Waals surface area contributed by atoms with Crippen LogP contribution < -0.4 is 5.32 Å². The first-order chi connectivity index (χ1) is 9.56. The molecule has 0 saturated heterocycles. The van der Waals surface area contributed by atoms with Crippen molar-refractivity contribution in [2.45, 2.75) is 13.3 Å². The molecule has 2 rings (SSSR count). The van der Waals surface area contributed by atoms with Crippen LogP contribution in [0.25, 0.3) is 0 Å². The molecule has 104 valence electrons. The molecular weight excluding hydrogens is 385 g/mol. The summed E-state index contributed by atoms with van der Waals surface area (Å²) in [4.78, 5) is 12.0. The molecule has 0 spiro atoms. The lowest BCUT2D eigenvalue weighted by atomic mass is 10.1. The van der Waals surface area contributed by atoms with Gasteiger partial charge in [-0.05, 0) is 59.7 Å². The Bertz CT molecular complexity index is 628. The highest BCUT2D eigenvalue weighted by atomic mass is 127. The maximum Gasteiger partial charge on any atom is 0.251 e. The van der Waals surface area contributed by atoms with Gasteiger partial charge in [-0.1, -0.05) is 41.4 Å². The van der Waals surface area contributed by atoms with Crippen molar-refractivity contribution in [1.82, 2.24) is 5.32 Å². The SMILES string of the molecule is Cc1cccc(CCNC(=O)c2ccc(I)c(Cl)c2)c1. The monoisotopic (exact) mass is 399 g/mol. The molecule has 0 unspecified atom stereocenters. The standard InChI is InChI=1S/C16H15ClINO/c1-11-3-2-4-12(9-11)7-8-19-16(20)13-5-6-15(18)14(17)10-13/h2-6,9-10H,7-8H2,1H3,(H,19,20). The summed E-state index contributed by atoms with van der Waals surface area (Å²) in [5.41, 5.74) is 3.06. The van der Waals surface area contributed by atoms with E-state index in [4.69, 9.17) is 11.6 Å². The molecule has 2 nitrogen and oxygen atoms in total. The van der Waals surface area contributed by atoms with Gasteiger partial charge in [0.15, 0.2) is 0 Å². The molecule has 0 aromatic heterocycles. The summed E-state index contributed by atoms with van der Waals surface area (Å²) in [7, 11) is 0. The second-order valence-electron chi connectivity index (χ2n) is 4.62. The van der Waals surface area contributed by atoms with Crippen LogP contribution in [0.5, 0.6) is 0 Å². The summed E-state index contributed by atoms with van der Waals surface area (Å²) in [6.45, 7) is 2.68. The second-order valence-corrected chi connectivity index (χ2v) is 6.19. The van der Waals surface area contributed by atoms with Crippen molar-refractivity contribution in [2.75, 3.05) is 6.54 Å². The first-order valence-electron chi connectivity index (χ1n) is 6.35. The Morgan fingerprint density at radius 1 is 1.25 bits per heavy atom. The van der Waals surface area contributed by atoms with E-state index in [0.717, 1.165) is 9.99 Å². The zero-order valence-corrected chi connectivity index (χ0v) is 14.0. The van der Waals surface area contributed by atoms with Crippen LogP contribution in [0.15, 0.2) is 42.5 Å². The fourth-order valence-corrected chi connectivity index (χ4v) is 2.44. The molecule has 0 aliphatic carbocycles. The molecule has 4 heteroatoms. The Morgan fingerprint density at radius 3 is 2.75 bits per heavy atom. The van der Waals surface area contributed by atoms with Crippen molar-refractivity contribution in [3.8, 4) is 0 Å². The fraction of sp³-hybridized carbons (Fsp3) is 0.188. The number of carbonyl (C=O) groups excluding carboxylic acids is 1. The molecule has 0 saturated carbocycles. The molecule has 1 amide bonds. The molecule has 20 heavy (non-hydrogen) atoms. The molecule has 0 fully saturated rings. The summed E-state index contributed by atoms with van der Waals surface area (Å²) in [6, 6.07) is 13.6. The van der Waals surface area contributed by atoms with E-state index in [9.17, 15) is 4.79 Å². The van der Waals surface area contributed by atoms with Gasteiger partial charge in [-0.25, -0.2) is 0 Å². The number of carbonyl (C=O) groups is 1. The molecule has 2 aromatic rings.